The van der Waals surface area contributed by atoms with Crippen molar-refractivity contribution in [2.45, 2.75) is 57.3 Å². The Morgan fingerprint density at radius 2 is 1.48 bits per heavy atom. The fourth-order valence-electron chi connectivity index (χ4n) is 2.51. The summed E-state index contributed by atoms with van der Waals surface area (Å²) in [6, 6.07) is -4.53. The summed E-state index contributed by atoms with van der Waals surface area (Å²) in [6.07, 6.45) is 1.66. The molecule has 8 N–H and O–H groups in total. The first-order valence-electron chi connectivity index (χ1n) is 9.70. The second kappa shape index (κ2) is 14.9. The van der Waals surface area contributed by atoms with E-state index in [4.69, 9.17) is 11.5 Å². The summed E-state index contributed by atoms with van der Waals surface area (Å²) < 4.78 is 0. The average Bonchev–Trinajstić information content (AvgIpc) is 2.67. The zero-order valence-electron chi connectivity index (χ0n) is 17.9. The first-order valence-corrected chi connectivity index (χ1v) is 11.7. The van der Waals surface area contributed by atoms with E-state index in [0.29, 0.717) is 5.75 Å². The minimum atomic E-state index is -1.40. The highest BCUT2D eigenvalue weighted by molar-refractivity contribution is 7.98. The molecule has 0 aliphatic rings. The van der Waals surface area contributed by atoms with Gasteiger partial charge in [-0.1, -0.05) is 13.8 Å². The molecule has 0 aromatic carbocycles. The molecule has 0 fully saturated rings. The molecule has 0 rings (SSSR count). The summed E-state index contributed by atoms with van der Waals surface area (Å²) in [5.41, 5.74) is 10.8. The molecule has 0 spiro atoms. The van der Waals surface area contributed by atoms with Crippen LogP contribution in [0.3, 0.4) is 0 Å². The van der Waals surface area contributed by atoms with E-state index in [1.807, 2.05) is 13.8 Å². The van der Waals surface area contributed by atoms with Gasteiger partial charge in [-0.15, -0.1) is 0 Å². The number of thiol groups is 1. The van der Waals surface area contributed by atoms with E-state index in [-0.39, 0.29) is 24.5 Å². The maximum absolute atomic E-state index is 12.8. The van der Waals surface area contributed by atoms with Gasteiger partial charge in [-0.3, -0.25) is 19.2 Å². The van der Waals surface area contributed by atoms with Crippen molar-refractivity contribution in [3.63, 3.8) is 0 Å². The zero-order chi connectivity index (χ0) is 24.1. The lowest BCUT2D eigenvalue weighted by atomic mass is 10.0. The van der Waals surface area contributed by atoms with Crippen molar-refractivity contribution in [2.24, 2.45) is 17.4 Å². The van der Waals surface area contributed by atoms with Crippen molar-refractivity contribution in [3.8, 4) is 0 Å². The molecule has 31 heavy (non-hydrogen) atoms. The third-order valence-corrected chi connectivity index (χ3v) is 5.17. The van der Waals surface area contributed by atoms with Crippen molar-refractivity contribution in [1.29, 1.82) is 0 Å². The lowest BCUT2D eigenvalue weighted by Gasteiger charge is -2.25. The molecule has 0 aliphatic heterocycles. The van der Waals surface area contributed by atoms with Gasteiger partial charge in [-0.25, -0.2) is 4.79 Å². The number of amides is 4. The van der Waals surface area contributed by atoms with Crippen molar-refractivity contribution in [1.82, 2.24) is 16.0 Å². The third kappa shape index (κ3) is 11.8. The maximum Gasteiger partial charge on any atom is 0.326 e. The van der Waals surface area contributed by atoms with Gasteiger partial charge in [0.15, 0.2) is 0 Å². The molecule has 4 unspecified atom stereocenters. The number of nitrogens with two attached hydrogens (primary N) is 2. The molecule has 0 aromatic heterocycles. The Hall–Kier alpha value is -1.99. The molecule has 0 saturated carbocycles. The van der Waals surface area contributed by atoms with Crippen LogP contribution in [0.25, 0.3) is 0 Å². The normalized spacial score (nSPS) is 14.8. The van der Waals surface area contributed by atoms with Gasteiger partial charge in [0.2, 0.25) is 23.6 Å². The summed E-state index contributed by atoms with van der Waals surface area (Å²) in [4.78, 5) is 60.3. The first kappa shape index (κ1) is 29.0. The summed E-state index contributed by atoms with van der Waals surface area (Å²) >= 11 is 5.36. The van der Waals surface area contributed by atoms with E-state index in [1.165, 1.54) is 11.8 Å². The van der Waals surface area contributed by atoms with Gasteiger partial charge in [0.1, 0.15) is 18.1 Å². The average molecular weight is 480 g/mol. The Bertz CT molecular complexity index is 649. The molecule has 0 aromatic rings. The molecule has 4 atom stereocenters. The van der Waals surface area contributed by atoms with Crippen LogP contribution in [0, 0.1) is 5.92 Å². The number of aliphatic carboxylic acids is 1. The van der Waals surface area contributed by atoms with Gasteiger partial charge < -0.3 is 32.5 Å². The van der Waals surface area contributed by atoms with Crippen LogP contribution in [-0.4, -0.2) is 76.6 Å². The number of carbonyl (C=O) groups is 5. The molecule has 178 valence electrons. The molecule has 0 aliphatic carbocycles. The van der Waals surface area contributed by atoms with Crippen LogP contribution in [-0.2, 0) is 24.0 Å². The van der Waals surface area contributed by atoms with Crippen LogP contribution >= 0.6 is 24.4 Å². The maximum atomic E-state index is 12.8. The van der Waals surface area contributed by atoms with Crippen LogP contribution < -0.4 is 27.4 Å². The van der Waals surface area contributed by atoms with Gasteiger partial charge in [0.25, 0.3) is 0 Å². The molecule has 11 nitrogen and oxygen atoms in total. The number of primary amides is 1. The van der Waals surface area contributed by atoms with Crippen LogP contribution in [0.5, 0.6) is 0 Å². The zero-order valence-corrected chi connectivity index (χ0v) is 19.6. The van der Waals surface area contributed by atoms with E-state index >= 15 is 0 Å². The Balaban J connectivity index is 5.44. The summed E-state index contributed by atoms with van der Waals surface area (Å²) in [5.74, 6) is -3.70. The molecule has 4 amide bonds. The van der Waals surface area contributed by atoms with Crippen molar-refractivity contribution < 1.29 is 29.1 Å². The highest BCUT2D eigenvalue weighted by atomic mass is 32.2. The van der Waals surface area contributed by atoms with Gasteiger partial charge in [-0.05, 0) is 30.8 Å². The molecule has 13 heteroatoms. The van der Waals surface area contributed by atoms with Crippen LogP contribution in [0.1, 0.15) is 33.1 Å². The van der Waals surface area contributed by atoms with Gasteiger partial charge >= 0.3 is 5.97 Å². The van der Waals surface area contributed by atoms with E-state index < -0.39 is 60.2 Å². The fraction of sp³-hybridized carbons (Fsp3) is 0.722. The highest BCUT2D eigenvalue weighted by Crippen LogP contribution is 2.07. The van der Waals surface area contributed by atoms with Crippen molar-refractivity contribution in [3.05, 3.63) is 0 Å². The van der Waals surface area contributed by atoms with Crippen LogP contribution in [0.15, 0.2) is 0 Å². The lowest BCUT2D eigenvalue weighted by molar-refractivity contribution is -0.142. The van der Waals surface area contributed by atoms with Crippen molar-refractivity contribution in [2.75, 3.05) is 17.8 Å². The van der Waals surface area contributed by atoms with Gasteiger partial charge in [-0.2, -0.15) is 24.4 Å². The van der Waals surface area contributed by atoms with Gasteiger partial charge in [0.05, 0.1) is 12.5 Å². The predicted molar refractivity (Wildman–Crippen MR) is 122 cm³/mol. The Morgan fingerprint density at radius 1 is 0.968 bits per heavy atom. The molecular formula is C18H33N5O6S2. The van der Waals surface area contributed by atoms with Gasteiger partial charge in [0, 0.05) is 5.75 Å². The predicted octanol–water partition coefficient (Wildman–Crippen LogP) is -1.54. The van der Waals surface area contributed by atoms with E-state index in [1.54, 1.807) is 6.26 Å². The Morgan fingerprint density at radius 3 is 1.94 bits per heavy atom. The lowest BCUT2D eigenvalue weighted by Crippen LogP contribution is -2.58. The number of carbonyl (C=O) groups excluding carboxylic acids is 4. The van der Waals surface area contributed by atoms with Crippen molar-refractivity contribution >= 4 is 54.0 Å². The number of hydrogen-bond donors (Lipinski definition) is 7. The first-order chi connectivity index (χ1) is 14.4. The number of nitrogens with one attached hydrogen (secondary N) is 3. The smallest absolute Gasteiger partial charge is 0.326 e. The standard InChI is InChI=1S/C18H33N5O6S2/c1-9(2)6-12(22-15(25)10(19)8-30)16(26)23-13(7-14(20)24)17(27)21-11(18(28)29)4-5-31-3/h9-13,30H,4-8,19H2,1-3H3,(H2,20,24)(H,21,27)(H,22,25)(H,23,26)(H,28,29). The van der Waals surface area contributed by atoms with E-state index in [0.717, 1.165) is 0 Å². The number of thioether (sulfide) groups is 1. The molecule has 0 bridgehead atoms. The second-order valence-electron chi connectivity index (χ2n) is 7.39. The number of carboxylic acid groups (broad SMARTS) is 1. The van der Waals surface area contributed by atoms with E-state index in [9.17, 15) is 29.1 Å². The fourth-order valence-corrected chi connectivity index (χ4v) is 3.15. The third-order valence-electron chi connectivity index (χ3n) is 4.14. The van der Waals surface area contributed by atoms with Crippen LogP contribution in [0.4, 0.5) is 0 Å². The summed E-state index contributed by atoms with van der Waals surface area (Å²) in [6.45, 7) is 3.67. The summed E-state index contributed by atoms with van der Waals surface area (Å²) in [5, 5.41) is 16.5. The topological polar surface area (TPSA) is 194 Å². The SMILES string of the molecule is CSCCC(NC(=O)C(CC(N)=O)NC(=O)C(CC(C)C)NC(=O)C(N)CS)C(=O)O. The Labute approximate surface area is 191 Å². The second-order valence-corrected chi connectivity index (χ2v) is 8.74. The molecule has 0 heterocycles. The van der Waals surface area contributed by atoms with Crippen LogP contribution in [0.2, 0.25) is 0 Å². The minimum Gasteiger partial charge on any atom is -0.480 e. The molecule has 0 saturated heterocycles. The molecular weight excluding hydrogens is 446 g/mol. The quantitative estimate of drug-likeness (QED) is 0.137. The minimum absolute atomic E-state index is 0.00891. The highest BCUT2D eigenvalue weighted by Gasteiger charge is 2.31. The van der Waals surface area contributed by atoms with E-state index in [2.05, 4.69) is 28.6 Å². The monoisotopic (exact) mass is 479 g/mol. The number of carboxylic acids is 1. The Kier molecular flexibility index (Phi) is 14.0. The number of hydrogen-bond acceptors (Lipinski definition) is 8. The summed E-state index contributed by atoms with van der Waals surface area (Å²) in [7, 11) is 0. The number of rotatable bonds is 15. The molecule has 0 radical (unpaired) electrons. The largest absolute Gasteiger partial charge is 0.480 e.